The van der Waals surface area contributed by atoms with Gasteiger partial charge in [-0.15, -0.1) is 0 Å². The van der Waals surface area contributed by atoms with E-state index in [2.05, 4.69) is 26.0 Å². The first-order valence-corrected chi connectivity index (χ1v) is 9.70. The highest BCUT2D eigenvalue weighted by Gasteiger charge is 2.22. The normalized spacial score (nSPS) is 12.7. The molecule has 0 saturated heterocycles. The van der Waals surface area contributed by atoms with Crippen molar-refractivity contribution in [1.29, 1.82) is 0 Å². The maximum atomic E-state index is 12.3. The lowest BCUT2D eigenvalue weighted by Crippen LogP contribution is -2.41. The van der Waals surface area contributed by atoms with Gasteiger partial charge in [0, 0.05) is 15.2 Å². The van der Waals surface area contributed by atoms with E-state index in [0.29, 0.717) is 10.7 Å². The molecule has 1 atom stereocenters. The average Bonchev–Trinajstić information content (AvgIpc) is 2.51. The molecule has 0 heterocycles. The van der Waals surface area contributed by atoms with Gasteiger partial charge in [0.2, 0.25) is 15.9 Å². The van der Waals surface area contributed by atoms with Crippen molar-refractivity contribution in [3.63, 3.8) is 0 Å². The van der Waals surface area contributed by atoms with Crippen molar-refractivity contribution in [2.24, 2.45) is 0 Å². The zero-order chi connectivity index (χ0) is 17.9. The van der Waals surface area contributed by atoms with E-state index in [1.165, 1.54) is 19.1 Å². The lowest BCUT2D eigenvalue weighted by molar-refractivity contribution is -0.117. The summed E-state index contributed by atoms with van der Waals surface area (Å²) in [5.41, 5.74) is 1.26. The van der Waals surface area contributed by atoms with Gasteiger partial charge < -0.3 is 5.32 Å². The summed E-state index contributed by atoms with van der Waals surface area (Å²) in [5, 5.41) is 3.20. The van der Waals surface area contributed by atoms with E-state index in [-0.39, 0.29) is 4.90 Å². The van der Waals surface area contributed by atoms with Crippen molar-refractivity contribution >= 4 is 49.1 Å². The van der Waals surface area contributed by atoms with Crippen LogP contribution in [0.15, 0.2) is 51.8 Å². The third-order valence-corrected chi connectivity index (χ3v) is 5.87. The maximum Gasteiger partial charge on any atom is 0.242 e. The zero-order valence-corrected chi connectivity index (χ0v) is 16.2. The number of amides is 1. The van der Waals surface area contributed by atoms with E-state index in [4.69, 9.17) is 11.6 Å². The van der Waals surface area contributed by atoms with Crippen LogP contribution in [0, 0.1) is 6.92 Å². The van der Waals surface area contributed by atoms with Crippen LogP contribution >= 0.6 is 27.5 Å². The van der Waals surface area contributed by atoms with Gasteiger partial charge in [0.1, 0.15) is 0 Å². The molecule has 2 aromatic carbocycles. The molecule has 0 fully saturated rings. The topological polar surface area (TPSA) is 75.3 Å². The lowest BCUT2D eigenvalue weighted by atomic mass is 10.2. The molecule has 0 aliphatic rings. The Morgan fingerprint density at radius 2 is 1.79 bits per heavy atom. The Labute approximate surface area is 154 Å². The molecule has 0 aromatic heterocycles. The second kappa shape index (κ2) is 7.65. The number of anilines is 1. The van der Waals surface area contributed by atoms with E-state index in [0.717, 1.165) is 10.0 Å². The fourth-order valence-corrected chi connectivity index (χ4v) is 3.59. The Balaban J connectivity index is 2.11. The molecule has 0 saturated carbocycles. The van der Waals surface area contributed by atoms with E-state index in [9.17, 15) is 13.2 Å². The van der Waals surface area contributed by atoms with Gasteiger partial charge in [-0.2, -0.15) is 4.72 Å². The summed E-state index contributed by atoms with van der Waals surface area (Å²) < 4.78 is 27.7. The predicted molar refractivity (Wildman–Crippen MR) is 98.7 cm³/mol. The van der Waals surface area contributed by atoms with E-state index in [1.807, 2.05) is 0 Å². The monoisotopic (exact) mass is 430 g/mol. The summed E-state index contributed by atoms with van der Waals surface area (Å²) >= 11 is 9.26. The minimum Gasteiger partial charge on any atom is -0.324 e. The molecule has 0 aliphatic heterocycles. The van der Waals surface area contributed by atoms with Gasteiger partial charge in [0.25, 0.3) is 0 Å². The maximum absolute atomic E-state index is 12.3. The second-order valence-electron chi connectivity index (χ2n) is 5.20. The van der Waals surface area contributed by atoms with Crippen LogP contribution in [0.5, 0.6) is 0 Å². The Bertz CT molecular complexity index is 854. The second-order valence-corrected chi connectivity index (χ2v) is 8.24. The quantitative estimate of drug-likeness (QED) is 0.757. The number of benzene rings is 2. The number of nitrogens with one attached hydrogen (secondary N) is 2. The number of rotatable bonds is 5. The largest absolute Gasteiger partial charge is 0.324 e. The first kappa shape index (κ1) is 18.9. The predicted octanol–water partition coefficient (Wildman–Crippen LogP) is 3.72. The molecule has 2 rings (SSSR count). The summed E-state index contributed by atoms with van der Waals surface area (Å²) in [7, 11) is -3.79. The van der Waals surface area contributed by atoms with Crippen molar-refractivity contribution in [2.75, 3.05) is 5.32 Å². The molecule has 24 heavy (non-hydrogen) atoms. The van der Waals surface area contributed by atoms with Crippen molar-refractivity contribution < 1.29 is 13.2 Å². The molecule has 0 unspecified atom stereocenters. The first-order valence-electron chi connectivity index (χ1n) is 7.04. The first-order chi connectivity index (χ1) is 11.2. The minimum atomic E-state index is -3.79. The van der Waals surface area contributed by atoms with Crippen molar-refractivity contribution in [2.45, 2.75) is 24.8 Å². The highest BCUT2D eigenvalue weighted by molar-refractivity contribution is 9.10. The molecule has 2 aromatic rings. The molecule has 0 radical (unpaired) electrons. The number of carbonyl (C=O) groups is 1. The van der Waals surface area contributed by atoms with Gasteiger partial charge in [-0.3, -0.25) is 4.79 Å². The van der Waals surface area contributed by atoms with Crippen molar-refractivity contribution in [3.8, 4) is 0 Å². The van der Waals surface area contributed by atoms with Crippen LogP contribution in [0.3, 0.4) is 0 Å². The summed E-state index contributed by atoms with van der Waals surface area (Å²) in [5.74, 6) is -0.471. The highest BCUT2D eigenvalue weighted by Crippen LogP contribution is 2.23. The molecule has 8 heteroatoms. The Morgan fingerprint density at radius 1 is 1.17 bits per heavy atom. The number of hydrogen-bond acceptors (Lipinski definition) is 3. The van der Waals surface area contributed by atoms with Crippen LogP contribution in [0.2, 0.25) is 5.02 Å². The number of sulfonamides is 1. The van der Waals surface area contributed by atoms with Crippen LogP contribution in [0.4, 0.5) is 5.69 Å². The molecular weight excluding hydrogens is 416 g/mol. The van der Waals surface area contributed by atoms with E-state index in [1.54, 1.807) is 37.3 Å². The van der Waals surface area contributed by atoms with Gasteiger partial charge in [-0.1, -0.05) is 33.6 Å². The molecule has 0 aliphatic carbocycles. The molecule has 1 amide bonds. The number of hydrogen-bond donors (Lipinski definition) is 2. The van der Waals surface area contributed by atoms with Gasteiger partial charge in [-0.25, -0.2) is 8.42 Å². The Morgan fingerprint density at radius 3 is 2.42 bits per heavy atom. The molecule has 0 bridgehead atoms. The number of halogens is 2. The lowest BCUT2D eigenvalue weighted by Gasteiger charge is -2.16. The zero-order valence-electron chi connectivity index (χ0n) is 13.0. The Hall–Kier alpha value is -1.41. The smallest absolute Gasteiger partial charge is 0.242 e. The standard InChI is InChI=1S/C16H16BrClN2O3S/c1-10-14(18)4-3-5-15(10)19-16(21)11(2)20-24(22,23)13-8-6-12(17)7-9-13/h3-9,11,20H,1-2H3,(H,19,21)/t11-/m1/s1. The highest BCUT2D eigenvalue weighted by atomic mass is 79.9. The van der Waals surface area contributed by atoms with Crippen molar-refractivity contribution in [1.82, 2.24) is 4.72 Å². The van der Waals surface area contributed by atoms with E-state index < -0.39 is 22.0 Å². The summed E-state index contributed by atoms with van der Waals surface area (Å²) in [6, 6.07) is 10.3. The van der Waals surface area contributed by atoms with Gasteiger partial charge in [0.15, 0.2) is 0 Å². The van der Waals surface area contributed by atoms with Gasteiger partial charge >= 0.3 is 0 Å². The summed E-state index contributed by atoms with van der Waals surface area (Å²) in [4.78, 5) is 12.3. The van der Waals surface area contributed by atoms with Crippen LogP contribution < -0.4 is 10.0 Å². The van der Waals surface area contributed by atoms with Crippen LogP contribution in [-0.2, 0) is 14.8 Å². The molecule has 0 spiro atoms. The third kappa shape index (κ3) is 4.57. The van der Waals surface area contributed by atoms with E-state index >= 15 is 0 Å². The van der Waals surface area contributed by atoms with Gasteiger partial charge in [-0.05, 0) is 55.8 Å². The van der Waals surface area contributed by atoms with Crippen LogP contribution in [0.1, 0.15) is 12.5 Å². The van der Waals surface area contributed by atoms with Gasteiger partial charge in [0.05, 0.1) is 10.9 Å². The van der Waals surface area contributed by atoms with Crippen LogP contribution in [0.25, 0.3) is 0 Å². The molecule has 5 nitrogen and oxygen atoms in total. The molecule has 128 valence electrons. The third-order valence-electron chi connectivity index (χ3n) is 3.37. The fourth-order valence-electron chi connectivity index (χ4n) is 1.95. The van der Waals surface area contributed by atoms with Crippen LogP contribution in [-0.4, -0.2) is 20.4 Å². The Kier molecular flexibility index (Phi) is 6.03. The average molecular weight is 432 g/mol. The minimum absolute atomic E-state index is 0.0873. The summed E-state index contributed by atoms with van der Waals surface area (Å²) in [6.07, 6.45) is 0. The summed E-state index contributed by atoms with van der Waals surface area (Å²) in [6.45, 7) is 3.25. The molecular formula is C16H16BrClN2O3S. The fraction of sp³-hybridized carbons (Fsp3) is 0.188. The van der Waals surface area contributed by atoms with Crippen molar-refractivity contribution in [3.05, 3.63) is 57.5 Å². The number of carbonyl (C=O) groups excluding carboxylic acids is 1. The SMILES string of the molecule is Cc1c(Cl)cccc1NC(=O)[C@@H](C)NS(=O)(=O)c1ccc(Br)cc1. The molecule has 2 N–H and O–H groups in total.